The first kappa shape index (κ1) is 18.4. The van der Waals surface area contributed by atoms with Gasteiger partial charge >= 0.3 is 0 Å². The van der Waals surface area contributed by atoms with Crippen molar-refractivity contribution in [3.8, 4) is 0 Å². The minimum Gasteiger partial charge on any atom is -0.383 e. The highest BCUT2D eigenvalue weighted by Gasteiger charge is 2.24. The summed E-state index contributed by atoms with van der Waals surface area (Å²) in [6.45, 7) is 14.7. The summed E-state index contributed by atoms with van der Waals surface area (Å²) in [6, 6.07) is 0. The molecule has 0 unspecified atom stereocenters. The molecule has 1 heterocycles. The Balaban J connectivity index is 2.86. The van der Waals surface area contributed by atoms with Crippen molar-refractivity contribution in [1.82, 2.24) is 10.3 Å². The molecule has 21 heavy (non-hydrogen) atoms. The van der Waals surface area contributed by atoms with E-state index in [9.17, 15) is 0 Å². The summed E-state index contributed by atoms with van der Waals surface area (Å²) in [4.78, 5) is 8.51. The van der Waals surface area contributed by atoms with Gasteiger partial charge in [0, 0.05) is 44.1 Å². The van der Waals surface area contributed by atoms with E-state index >= 15 is 0 Å². The molecule has 0 amide bonds. The summed E-state index contributed by atoms with van der Waals surface area (Å²) >= 11 is 1.81. The van der Waals surface area contributed by atoms with Crippen LogP contribution in [0.4, 0.5) is 5.13 Å². The van der Waals surface area contributed by atoms with E-state index in [2.05, 4.69) is 51.9 Å². The van der Waals surface area contributed by atoms with Crippen molar-refractivity contribution in [2.45, 2.75) is 46.6 Å². The Labute approximate surface area is 133 Å². The monoisotopic (exact) mass is 313 g/mol. The average molecular weight is 314 g/mol. The molecule has 1 aromatic rings. The van der Waals surface area contributed by atoms with E-state index in [1.807, 2.05) is 0 Å². The van der Waals surface area contributed by atoms with Crippen LogP contribution in [0.1, 0.15) is 45.2 Å². The highest BCUT2D eigenvalue weighted by Crippen LogP contribution is 2.33. The van der Waals surface area contributed by atoms with Crippen LogP contribution in [0.5, 0.6) is 0 Å². The maximum absolute atomic E-state index is 5.08. The van der Waals surface area contributed by atoms with Crippen LogP contribution in [0.2, 0.25) is 0 Å². The van der Waals surface area contributed by atoms with E-state index in [0.717, 1.165) is 31.4 Å². The number of hydrogen-bond acceptors (Lipinski definition) is 5. The fraction of sp³-hybridized carbons (Fsp3) is 0.812. The Morgan fingerprint density at radius 1 is 1.33 bits per heavy atom. The first-order valence-corrected chi connectivity index (χ1v) is 8.48. The molecular weight excluding hydrogens is 282 g/mol. The molecule has 0 aliphatic heterocycles. The predicted octanol–water partition coefficient (Wildman–Crippen LogP) is 3.27. The lowest BCUT2D eigenvalue weighted by atomic mass is 9.91. The van der Waals surface area contributed by atoms with Gasteiger partial charge in [0.1, 0.15) is 0 Å². The second-order valence-corrected chi connectivity index (χ2v) is 8.02. The van der Waals surface area contributed by atoms with Gasteiger partial charge in [-0.3, -0.25) is 0 Å². The zero-order chi connectivity index (χ0) is 16.0. The quantitative estimate of drug-likeness (QED) is 0.748. The molecule has 1 aromatic heterocycles. The Morgan fingerprint density at radius 3 is 2.52 bits per heavy atom. The van der Waals surface area contributed by atoms with Gasteiger partial charge in [0.25, 0.3) is 0 Å². The molecule has 0 fully saturated rings. The van der Waals surface area contributed by atoms with Gasteiger partial charge in [-0.15, -0.1) is 11.3 Å². The minimum absolute atomic E-state index is 0.0751. The second-order valence-electron chi connectivity index (χ2n) is 6.96. The average Bonchev–Trinajstić information content (AvgIpc) is 2.78. The summed E-state index contributed by atoms with van der Waals surface area (Å²) in [5.41, 5.74) is 1.29. The van der Waals surface area contributed by atoms with Gasteiger partial charge in [-0.25, -0.2) is 4.98 Å². The molecule has 0 aliphatic rings. The predicted molar refractivity (Wildman–Crippen MR) is 92.5 cm³/mol. The van der Waals surface area contributed by atoms with E-state index in [1.165, 1.54) is 10.6 Å². The molecular formula is C16H31N3OS. The number of thiazole rings is 1. The van der Waals surface area contributed by atoms with E-state index in [4.69, 9.17) is 9.72 Å². The van der Waals surface area contributed by atoms with Crippen LogP contribution in [0.15, 0.2) is 0 Å². The molecule has 1 N–H and O–H groups in total. The molecule has 0 atom stereocenters. The number of nitrogens with zero attached hydrogens (tertiary/aromatic N) is 2. The largest absolute Gasteiger partial charge is 0.383 e. The minimum atomic E-state index is 0.0751. The molecule has 0 saturated heterocycles. The Morgan fingerprint density at radius 2 is 2.00 bits per heavy atom. The van der Waals surface area contributed by atoms with Crippen molar-refractivity contribution in [1.29, 1.82) is 0 Å². The van der Waals surface area contributed by atoms with Crippen LogP contribution >= 0.6 is 11.3 Å². The molecule has 0 spiro atoms. The van der Waals surface area contributed by atoms with Crippen LogP contribution in [-0.4, -0.2) is 38.8 Å². The number of nitrogens with one attached hydrogen (secondary N) is 1. The standard InChI is InChI=1S/C16H31N3OS/c1-12(2)11-19(6)15-18-14(16(3,4)5)13(21-15)10-17-8-9-20-7/h12,17H,8-11H2,1-7H3. The van der Waals surface area contributed by atoms with Crippen molar-refractivity contribution in [3.63, 3.8) is 0 Å². The van der Waals surface area contributed by atoms with Crippen LogP contribution in [0.25, 0.3) is 0 Å². The van der Waals surface area contributed by atoms with Crippen LogP contribution < -0.4 is 10.2 Å². The van der Waals surface area contributed by atoms with Gasteiger partial charge < -0.3 is 15.0 Å². The third kappa shape index (κ3) is 5.93. The number of ether oxygens (including phenoxy) is 1. The Bertz CT molecular complexity index is 424. The molecule has 5 heteroatoms. The topological polar surface area (TPSA) is 37.4 Å². The molecule has 1 rings (SSSR count). The third-order valence-electron chi connectivity index (χ3n) is 3.13. The Hall–Kier alpha value is -0.650. The normalized spacial score (nSPS) is 12.2. The summed E-state index contributed by atoms with van der Waals surface area (Å²) in [5.74, 6) is 0.639. The first-order chi connectivity index (χ1) is 9.75. The van der Waals surface area contributed by atoms with Crippen molar-refractivity contribution in [2.24, 2.45) is 5.92 Å². The lowest BCUT2D eigenvalue weighted by Crippen LogP contribution is -2.23. The molecule has 4 nitrogen and oxygen atoms in total. The number of aromatic nitrogens is 1. The number of rotatable bonds is 8. The van der Waals surface area contributed by atoms with Gasteiger partial charge in [0.2, 0.25) is 0 Å². The summed E-state index contributed by atoms with van der Waals surface area (Å²) in [6.07, 6.45) is 0. The van der Waals surface area contributed by atoms with Crippen LogP contribution in [-0.2, 0) is 16.7 Å². The number of anilines is 1. The molecule has 0 aromatic carbocycles. The molecule has 0 radical (unpaired) electrons. The van der Waals surface area contributed by atoms with Gasteiger partial charge in [-0.05, 0) is 5.92 Å². The van der Waals surface area contributed by atoms with Gasteiger partial charge in [0.15, 0.2) is 5.13 Å². The van der Waals surface area contributed by atoms with E-state index < -0.39 is 0 Å². The lowest BCUT2D eigenvalue weighted by molar-refractivity contribution is 0.199. The molecule has 0 bridgehead atoms. The smallest absolute Gasteiger partial charge is 0.185 e. The maximum atomic E-state index is 5.08. The van der Waals surface area contributed by atoms with Crippen molar-refractivity contribution in [3.05, 3.63) is 10.6 Å². The summed E-state index contributed by atoms with van der Waals surface area (Å²) in [7, 11) is 3.86. The molecule has 0 saturated carbocycles. The molecule has 0 aliphatic carbocycles. The fourth-order valence-corrected chi connectivity index (χ4v) is 3.42. The van der Waals surface area contributed by atoms with Crippen molar-refractivity contribution in [2.75, 3.05) is 38.8 Å². The number of methoxy groups -OCH3 is 1. The van der Waals surface area contributed by atoms with Crippen molar-refractivity contribution >= 4 is 16.5 Å². The highest BCUT2D eigenvalue weighted by atomic mass is 32.1. The summed E-state index contributed by atoms with van der Waals surface area (Å²) in [5, 5.41) is 4.56. The van der Waals surface area contributed by atoms with Gasteiger partial charge in [-0.2, -0.15) is 0 Å². The van der Waals surface area contributed by atoms with Crippen molar-refractivity contribution < 1.29 is 4.74 Å². The second kappa shape index (κ2) is 8.11. The summed E-state index contributed by atoms with van der Waals surface area (Å²) < 4.78 is 5.08. The lowest BCUT2D eigenvalue weighted by Gasteiger charge is -2.19. The SMILES string of the molecule is COCCNCc1sc(N(C)CC(C)C)nc1C(C)(C)C. The fourth-order valence-electron chi connectivity index (χ4n) is 2.21. The zero-order valence-electron chi connectivity index (χ0n) is 14.6. The van der Waals surface area contributed by atoms with Gasteiger partial charge in [0.05, 0.1) is 12.3 Å². The zero-order valence-corrected chi connectivity index (χ0v) is 15.4. The third-order valence-corrected chi connectivity index (χ3v) is 4.30. The van der Waals surface area contributed by atoms with E-state index in [0.29, 0.717) is 5.92 Å². The Kier molecular flexibility index (Phi) is 7.10. The van der Waals surface area contributed by atoms with Gasteiger partial charge in [-0.1, -0.05) is 34.6 Å². The van der Waals surface area contributed by atoms with Crippen LogP contribution in [0.3, 0.4) is 0 Å². The first-order valence-electron chi connectivity index (χ1n) is 7.66. The molecule has 122 valence electrons. The van der Waals surface area contributed by atoms with E-state index in [1.54, 1.807) is 18.4 Å². The number of hydrogen-bond donors (Lipinski definition) is 1. The van der Waals surface area contributed by atoms with E-state index in [-0.39, 0.29) is 5.41 Å². The maximum Gasteiger partial charge on any atom is 0.185 e. The van der Waals surface area contributed by atoms with Crippen LogP contribution in [0, 0.1) is 5.92 Å². The highest BCUT2D eigenvalue weighted by molar-refractivity contribution is 7.15.